The number of rotatable bonds is 7. The van der Waals surface area contributed by atoms with Crippen molar-refractivity contribution in [2.45, 2.75) is 31.8 Å². The van der Waals surface area contributed by atoms with Gasteiger partial charge in [-0.3, -0.25) is 14.6 Å². The monoisotopic (exact) mass is 442 g/mol. The molecule has 2 aromatic carbocycles. The van der Waals surface area contributed by atoms with Gasteiger partial charge >= 0.3 is 6.03 Å². The van der Waals surface area contributed by atoms with E-state index in [0.29, 0.717) is 32.6 Å². The molecule has 0 aliphatic carbocycles. The second-order valence-corrected chi connectivity index (χ2v) is 8.36. The zero-order valence-electron chi connectivity index (χ0n) is 18.1. The molecule has 1 N–H and O–H groups in total. The van der Waals surface area contributed by atoms with Crippen molar-refractivity contribution < 1.29 is 18.4 Å². The minimum Gasteiger partial charge on any atom is -0.326 e. The molecule has 0 spiro atoms. The number of piperazine rings is 1. The number of halogens is 2. The normalized spacial score (nSPS) is 20.2. The number of hydrogen-bond donors (Lipinski definition) is 1. The van der Waals surface area contributed by atoms with Crippen LogP contribution in [0.5, 0.6) is 0 Å². The zero-order chi connectivity index (χ0) is 22.7. The third-order valence-electron chi connectivity index (χ3n) is 6.17. The molecule has 3 amide bonds. The predicted octanol–water partition coefficient (Wildman–Crippen LogP) is 3.35. The van der Waals surface area contributed by atoms with Crippen LogP contribution in [0.15, 0.2) is 48.5 Å². The van der Waals surface area contributed by atoms with Gasteiger partial charge in [0.25, 0.3) is 5.91 Å². The highest BCUT2D eigenvalue weighted by Crippen LogP contribution is 2.30. The van der Waals surface area contributed by atoms with Crippen molar-refractivity contribution in [1.82, 2.24) is 20.0 Å². The van der Waals surface area contributed by atoms with E-state index in [1.165, 1.54) is 29.2 Å². The molecular weight excluding hydrogens is 414 g/mol. The molecule has 1 atom stereocenters. The lowest BCUT2D eigenvalue weighted by molar-refractivity contribution is -0.129. The number of hydrogen-bond acceptors (Lipinski definition) is 4. The van der Waals surface area contributed by atoms with Crippen LogP contribution in [-0.4, -0.2) is 65.5 Å². The Balaban J connectivity index is 1.44. The van der Waals surface area contributed by atoms with Crippen molar-refractivity contribution in [3.05, 3.63) is 71.3 Å². The van der Waals surface area contributed by atoms with Crippen molar-refractivity contribution in [3.8, 4) is 0 Å². The molecule has 2 aromatic rings. The summed E-state index contributed by atoms with van der Waals surface area (Å²) in [5.41, 5.74) is 1.87. The predicted molar refractivity (Wildman–Crippen MR) is 117 cm³/mol. The quantitative estimate of drug-likeness (QED) is 0.669. The number of urea groups is 1. The summed E-state index contributed by atoms with van der Waals surface area (Å²) in [5.74, 6) is -0.757. The minimum atomic E-state index is -0.421. The summed E-state index contributed by atoms with van der Waals surface area (Å²) >= 11 is 0. The van der Waals surface area contributed by atoms with Gasteiger partial charge in [0.1, 0.15) is 17.7 Å². The Morgan fingerprint density at radius 1 is 0.906 bits per heavy atom. The van der Waals surface area contributed by atoms with Gasteiger partial charge < -0.3 is 5.32 Å². The molecule has 0 bridgehead atoms. The lowest BCUT2D eigenvalue weighted by atomic mass is 9.96. The number of nitrogens with one attached hydrogen (secondary N) is 1. The van der Waals surface area contributed by atoms with E-state index in [0.717, 1.165) is 17.5 Å². The van der Waals surface area contributed by atoms with Gasteiger partial charge in [-0.05, 0) is 41.8 Å². The van der Waals surface area contributed by atoms with E-state index in [1.807, 2.05) is 6.92 Å². The molecule has 170 valence electrons. The molecule has 32 heavy (non-hydrogen) atoms. The van der Waals surface area contributed by atoms with E-state index < -0.39 is 6.04 Å². The van der Waals surface area contributed by atoms with Crippen LogP contribution in [0.25, 0.3) is 0 Å². The number of benzene rings is 2. The fourth-order valence-corrected chi connectivity index (χ4v) is 4.46. The molecule has 0 aromatic heterocycles. The maximum absolute atomic E-state index is 13.5. The first-order valence-corrected chi connectivity index (χ1v) is 11.1. The van der Waals surface area contributed by atoms with Crippen LogP contribution < -0.4 is 5.32 Å². The molecule has 8 heteroatoms. The summed E-state index contributed by atoms with van der Waals surface area (Å²) in [4.78, 5) is 30.4. The maximum Gasteiger partial charge on any atom is 0.325 e. The van der Waals surface area contributed by atoms with Crippen molar-refractivity contribution in [1.29, 1.82) is 0 Å². The second kappa shape index (κ2) is 9.75. The maximum atomic E-state index is 13.5. The molecule has 2 aliphatic rings. The molecule has 2 heterocycles. The highest BCUT2D eigenvalue weighted by molar-refractivity contribution is 6.04. The van der Waals surface area contributed by atoms with Crippen molar-refractivity contribution >= 4 is 11.9 Å². The van der Waals surface area contributed by atoms with E-state index >= 15 is 0 Å². The van der Waals surface area contributed by atoms with E-state index in [4.69, 9.17) is 0 Å². The van der Waals surface area contributed by atoms with Crippen LogP contribution in [0, 0.1) is 11.6 Å². The molecule has 6 nitrogen and oxygen atoms in total. The van der Waals surface area contributed by atoms with Crippen LogP contribution in [0.1, 0.15) is 36.9 Å². The molecule has 0 radical (unpaired) electrons. The molecule has 2 saturated heterocycles. The summed E-state index contributed by atoms with van der Waals surface area (Å²) in [6.07, 6.45) is 1.48. The first kappa shape index (κ1) is 22.4. The van der Waals surface area contributed by atoms with Crippen molar-refractivity contribution in [3.63, 3.8) is 0 Å². The van der Waals surface area contributed by atoms with Crippen LogP contribution in [-0.2, 0) is 4.79 Å². The van der Waals surface area contributed by atoms with Gasteiger partial charge in [0.2, 0.25) is 0 Å². The average Bonchev–Trinajstić information content (AvgIpc) is 3.05. The molecular formula is C24H28F2N4O2. The first-order chi connectivity index (χ1) is 15.5. The Morgan fingerprint density at radius 2 is 1.44 bits per heavy atom. The number of amides is 3. The number of carbonyl (C=O) groups is 2. The van der Waals surface area contributed by atoms with Crippen molar-refractivity contribution in [2.24, 2.45) is 0 Å². The SMILES string of the molecule is CCC[C@@H]1NC(=O)N(CN2CCN(C(c3ccc(F)cc3)c3ccc(F)cc3)CC2)C1=O. The third-order valence-corrected chi connectivity index (χ3v) is 6.17. The Morgan fingerprint density at radius 3 is 1.94 bits per heavy atom. The van der Waals surface area contributed by atoms with E-state index in [9.17, 15) is 18.4 Å². The van der Waals surface area contributed by atoms with Gasteiger partial charge in [-0.15, -0.1) is 0 Å². The smallest absolute Gasteiger partial charge is 0.325 e. The van der Waals surface area contributed by atoms with E-state index in [-0.39, 0.29) is 36.3 Å². The molecule has 0 unspecified atom stereocenters. The second-order valence-electron chi connectivity index (χ2n) is 8.36. The standard InChI is InChI=1S/C24H28F2N4O2/c1-2-3-21-23(31)30(24(32)27-21)16-28-12-14-29(15-13-28)22(17-4-8-19(25)9-5-17)18-6-10-20(26)11-7-18/h4-11,21-22H,2-3,12-16H2,1H3,(H,27,32)/t21-/m0/s1. The largest absolute Gasteiger partial charge is 0.326 e. The fraction of sp³-hybridized carbons (Fsp3) is 0.417. The summed E-state index contributed by atoms with van der Waals surface area (Å²) in [7, 11) is 0. The molecule has 2 aliphatic heterocycles. The number of nitrogens with zero attached hydrogens (tertiary/aromatic N) is 3. The summed E-state index contributed by atoms with van der Waals surface area (Å²) < 4.78 is 27.0. The van der Waals surface area contributed by atoms with Crippen LogP contribution in [0.2, 0.25) is 0 Å². The topological polar surface area (TPSA) is 55.9 Å². The van der Waals surface area contributed by atoms with Gasteiger partial charge in [0.05, 0.1) is 12.7 Å². The van der Waals surface area contributed by atoms with Crippen LogP contribution in [0.4, 0.5) is 13.6 Å². The Kier molecular flexibility index (Phi) is 6.81. The van der Waals surface area contributed by atoms with Gasteiger partial charge in [0, 0.05) is 26.2 Å². The molecule has 2 fully saturated rings. The number of imide groups is 1. The highest BCUT2D eigenvalue weighted by Gasteiger charge is 2.38. The Labute approximate surface area is 186 Å². The Bertz CT molecular complexity index is 898. The van der Waals surface area contributed by atoms with Gasteiger partial charge in [0.15, 0.2) is 0 Å². The summed E-state index contributed by atoms with van der Waals surface area (Å²) in [6.45, 7) is 5.00. The minimum absolute atomic E-state index is 0.135. The fourth-order valence-electron chi connectivity index (χ4n) is 4.46. The molecule has 0 saturated carbocycles. The summed E-state index contributed by atoms with van der Waals surface area (Å²) in [5, 5.41) is 2.76. The van der Waals surface area contributed by atoms with Gasteiger partial charge in [-0.2, -0.15) is 0 Å². The first-order valence-electron chi connectivity index (χ1n) is 11.1. The number of carbonyl (C=O) groups excluding carboxylic acids is 2. The van der Waals surface area contributed by atoms with E-state index in [2.05, 4.69) is 15.1 Å². The molecule has 4 rings (SSSR count). The lowest BCUT2D eigenvalue weighted by Crippen LogP contribution is -2.52. The van der Waals surface area contributed by atoms with E-state index in [1.54, 1.807) is 24.3 Å². The van der Waals surface area contributed by atoms with Crippen LogP contribution in [0.3, 0.4) is 0 Å². The highest BCUT2D eigenvalue weighted by atomic mass is 19.1. The summed E-state index contributed by atoms with van der Waals surface area (Å²) in [6, 6.07) is 11.9. The third kappa shape index (κ3) is 4.81. The van der Waals surface area contributed by atoms with Gasteiger partial charge in [-0.1, -0.05) is 37.6 Å². The zero-order valence-corrected chi connectivity index (χ0v) is 18.1. The average molecular weight is 443 g/mol. The van der Waals surface area contributed by atoms with Crippen LogP contribution >= 0.6 is 0 Å². The lowest BCUT2D eigenvalue weighted by Gasteiger charge is -2.40. The van der Waals surface area contributed by atoms with Gasteiger partial charge in [-0.25, -0.2) is 18.5 Å². The Hall–Kier alpha value is -2.84. The van der Waals surface area contributed by atoms with Crippen molar-refractivity contribution in [2.75, 3.05) is 32.8 Å².